The van der Waals surface area contributed by atoms with Crippen LogP contribution in [0.25, 0.3) is 0 Å². The zero-order valence-electron chi connectivity index (χ0n) is 10.1. The molecule has 1 unspecified atom stereocenters. The number of para-hydroxylation sites is 1. The van der Waals surface area contributed by atoms with E-state index in [4.69, 9.17) is 9.47 Å². The summed E-state index contributed by atoms with van der Waals surface area (Å²) in [6.45, 7) is 4.23. The van der Waals surface area contributed by atoms with Crippen LogP contribution < -0.4 is 10.1 Å². The maximum absolute atomic E-state index is 5.67. The molecule has 3 heteroatoms. The van der Waals surface area contributed by atoms with Gasteiger partial charge in [-0.05, 0) is 32.5 Å². The van der Waals surface area contributed by atoms with Gasteiger partial charge in [0.2, 0.25) is 0 Å². The largest absolute Gasteiger partial charge is 0.492 e. The van der Waals surface area contributed by atoms with Crippen molar-refractivity contribution in [3.63, 3.8) is 0 Å². The summed E-state index contributed by atoms with van der Waals surface area (Å²) in [5.41, 5.74) is 0. The second-order valence-corrected chi connectivity index (χ2v) is 3.60. The summed E-state index contributed by atoms with van der Waals surface area (Å²) >= 11 is 0. The zero-order chi connectivity index (χ0) is 11.6. The number of hydrogen-bond acceptors (Lipinski definition) is 3. The highest BCUT2D eigenvalue weighted by molar-refractivity contribution is 5.20. The van der Waals surface area contributed by atoms with Crippen LogP contribution in [0.5, 0.6) is 5.75 Å². The Labute approximate surface area is 97.8 Å². The van der Waals surface area contributed by atoms with E-state index in [0.29, 0.717) is 12.6 Å². The molecule has 90 valence electrons. The smallest absolute Gasteiger partial charge is 0.119 e. The molecule has 0 radical (unpaired) electrons. The molecule has 1 atom stereocenters. The minimum atomic E-state index is 0.340. The fourth-order valence-corrected chi connectivity index (χ4v) is 1.39. The second-order valence-electron chi connectivity index (χ2n) is 3.60. The monoisotopic (exact) mass is 223 g/mol. The molecule has 1 aromatic rings. The SMILES string of the molecule is CCOCCC(COc1ccccc1)NC. The standard InChI is InChI=1S/C13H21NO2/c1-3-15-10-9-12(14-2)11-16-13-7-5-4-6-8-13/h4-8,12,14H,3,9-11H2,1-2H3. The van der Waals surface area contributed by atoms with Gasteiger partial charge in [0.25, 0.3) is 0 Å². The van der Waals surface area contributed by atoms with E-state index in [9.17, 15) is 0 Å². The number of benzene rings is 1. The number of likely N-dealkylation sites (N-methyl/N-ethyl adjacent to an activating group) is 1. The third kappa shape index (κ3) is 5.14. The van der Waals surface area contributed by atoms with E-state index < -0.39 is 0 Å². The molecule has 0 aliphatic heterocycles. The van der Waals surface area contributed by atoms with Crippen molar-refractivity contribution in [3.8, 4) is 5.75 Å². The Morgan fingerprint density at radius 2 is 2.00 bits per heavy atom. The first-order valence-corrected chi connectivity index (χ1v) is 5.79. The van der Waals surface area contributed by atoms with E-state index in [-0.39, 0.29) is 0 Å². The Bertz CT molecular complexity index is 264. The van der Waals surface area contributed by atoms with E-state index in [1.807, 2.05) is 44.3 Å². The van der Waals surface area contributed by atoms with Crippen molar-refractivity contribution in [2.24, 2.45) is 0 Å². The number of hydrogen-bond donors (Lipinski definition) is 1. The summed E-state index contributed by atoms with van der Waals surface area (Å²) in [5, 5.41) is 3.23. The van der Waals surface area contributed by atoms with Gasteiger partial charge in [-0.3, -0.25) is 0 Å². The summed E-state index contributed by atoms with van der Waals surface area (Å²) in [6, 6.07) is 10.2. The van der Waals surface area contributed by atoms with Gasteiger partial charge in [0.15, 0.2) is 0 Å². The molecule has 0 fully saturated rings. The van der Waals surface area contributed by atoms with Gasteiger partial charge in [0.1, 0.15) is 12.4 Å². The topological polar surface area (TPSA) is 30.5 Å². The van der Waals surface area contributed by atoms with Gasteiger partial charge in [-0.1, -0.05) is 18.2 Å². The molecule has 3 nitrogen and oxygen atoms in total. The number of rotatable bonds is 8. The molecule has 1 N–H and O–H groups in total. The van der Waals surface area contributed by atoms with Gasteiger partial charge in [-0.2, -0.15) is 0 Å². The highest BCUT2D eigenvalue weighted by atomic mass is 16.5. The lowest BCUT2D eigenvalue weighted by molar-refractivity contribution is 0.128. The van der Waals surface area contributed by atoms with Crippen LogP contribution in [0.4, 0.5) is 0 Å². The Balaban J connectivity index is 2.23. The van der Waals surface area contributed by atoms with E-state index in [0.717, 1.165) is 25.4 Å². The molecular formula is C13H21NO2. The second kappa shape index (κ2) is 8.13. The van der Waals surface area contributed by atoms with Crippen LogP contribution in [-0.2, 0) is 4.74 Å². The molecule has 0 saturated heterocycles. The van der Waals surface area contributed by atoms with Crippen molar-refractivity contribution >= 4 is 0 Å². The molecule has 0 aliphatic carbocycles. The summed E-state index contributed by atoms with van der Waals surface area (Å²) in [7, 11) is 1.95. The first-order valence-electron chi connectivity index (χ1n) is 5.79. The lowest BCUT2D eigenvalue weighted by Crippen LogP contribution is -2.32. The van der Waals surface area contributed by atoms with Crippen molar-refractivity contribution in [1.82, 2.24) is 5.32 Å². The van der Waals surface area contributed by atoms with Gasteiger partial charge < -0.3 is 14.8 Å². The first kappa shape index (κ1) is 13.0. The van der Waals surface area contributed by atoms with Crippen LogP contribution in [0.3, 0.4) is 0 Å². The van der Waals surface area contributed by atoms with Gasteiger partial charge in [0, 0.05) is 19.3 Å². The van der Waals surface area contributed by atoms with Crippen molar-refractivity contribution in [2.75, 3.05) is 26.9 Å². The number of nitrogens with one attached hydrogen (secondary N) is 1. The maximum Gasteiger partial charge on any atom is 0.119 e. The summed E-state index contributed by atoms with van der Waals surface area (Å²) in [5.74, 6) is 0.916. The molecule has 0 amide bonds. The van der Waals surface area contributed by atoms with E-state index in [2.05, 4.69) is 5.32 Å². The minimum absolute atomic E-state index is 0.340. The normalized spacial score (nSPS) is 12.4. The third-order valence-electron chi connectivity index (χ3n) is 2.42. The lowest BCUT2D eigenvalue weighted by Gasteiger charge is -2.16. The Hall–Kier alpha value is -1.06. The Morgan fingerprint density at radius 1 is 1.25 bits per heavy atom. The van der Waals surface area contributed by atoms with E-state index in [1.54, 1.807) is 0 Å². The Morgan fingerprint density at radius 3 is 2.62 bits per heavy atom. The van der Waals surface area contributed by atoms with Gasteiger partial charge in [0.05, 0.1) is 0 Å². The van der Waals surface area contributed by atoms with Crippen molar-refractivity contribution in [3.05, 3.63) is 30.3 Å². The molecule has 0 aromatic heterocycles. The third-order valence-corrected chi connectivity index (χ3v) is 2.42. The summed E-state index contributed by atoms with van der Waals surface area (Å²) in [6.07, 6.45) is 0.969. The van der Waals surface area contributed by atoms with Gasteiger partial charge >= 0.3 is 0 Å². The van der Waals surface area contributed by atoms with Gasteiger partial charge in [-0.15, -0.1) is 0 Å². The molecule has 0 spiro atoms. The summed E-state index contributed by atoms with van der Waals surface area (Å²) in [4.78, 5) is 0. The number of ether oxygens (including phenoxy) is 2. The molecule has 0 bridgehead atoms. The van der Waals surface area contributed by atoms with Crippen LogP contribution >= 0.6 is 0 Å². The lowest BCUT2D eigenvalue weighted by atomic mass is 10.2. The molecular weight excluding hydrogens is 202 g/mol. The van der Waals surface area contributed by atoms with Crippen molar-refractivity contribution in [1.29, 1.82) is 0 Å². The predicted octanol–water partition coefficient (Wildman–Crippen LogP) is 2.08. The molecule has 1 aromatic carbocycles. The van der Waals surface area contributed by atoms with Crippen molar-refractivity contribution in [2.45, 2.75) is 19.4 Å². The quantitative estimate of drug-likeness (QED) is 0.684. The van der Waals surface area contributed by atoms with Crippen LogP contribution in [0.2, 0.25) is 0 Å². The van der Waals surface area contributed by atoms with Gasteiger partial charge in [-0.25, -0.2) is 0 Å². The Kier molecular flexibility index (Phi) is 6.61. The average molecular weight is 223 g/mol. The fraction of sp³-hybridized carbons (Fsp3) is 0.538. The molecule has 0 saturated carbocycles. The van der Waals surface area contributed by atoms with Crippen LogP contribution in [0.1, 0.15) is 13.3 Å². The van der Waals surface area contributed by atoms with Crippen LogP contribution in [0, 0.1) is 0 Å². The van der Waals surface area contributed by atoms with E-state index >= 15 is 0 Å². The predicted molar refractivity (Wildman–Crippen MR) is 65.9 cm³/mol. The molecule has 0 aliphatic rings. The molecule has 0 heterocycles. The van der Waals surface area contributed by atoms with Crippen LogP contribution in [-0.4, -0.2) is 32.9 Å². The first-order chi connectivity index (χ1) is 7.86. The highest BCUT2D eigenvalue weighted by Crippen LogP contribution is 2.09. The zero-order valence-corrected chi connectivity index (χ0v) is 10.1. The summed E-state index contributed by atoms with van der Waals surface area (Å²) < 4.78 is 11.0. The van der Waals surface area contributed by atoms with Crippen molar-refractivity contribution < 1.29 is 9.47 Å². The molecule has 1 rings (SSSR count). The average Bonchev–Trinajstić information content (AvgIpc) is 2.35. The highest BCUT2D eigenvalue weighted by Gasteiger charge is 2.06. The van der Waals surface area contributed by atoms with Crippen LogP contribution in [0.15, 0.2) is 30.3 Å². The fourth-order valence-electron chi connectivity index (χ4n) is 1.39. The molecule has 16 heavy (non-hydrogen) atoms. The van der Waals surface area contributed by atoms with E-state index in [1.165, 1.54) is 0 Å². The maximum atomic E-state index is 5.67. The minimum Gasteiger partial charge on any atom is -0.492 e.